The molecule has 1 rings (SSSR count). The number of benzene rings is 1. The normalized spacial score (nSPS) is 13.3. The smallest absolute Gasteiger partial charge is 0.326 e. The quantitative estimate of drug-likeness (QED) is 0.761. The van der Waals surface area contributed by atoms with Crippen LogP contribution >= 0.6 is 0 Å². The number of hydrogen-bond donors (Lipinski definition) is 1. The SMILES string of the molecule is CCOC(=O)C(C#N)(CCCN)Cc1ccccc1. The maximum Gasteiger partial charge on any atom is 0.326 e. The van der Waals surface area contributed by atoms with Gasteiger partial charge in [0, 0.05) is 6.42 Å². The van der Waals surface area contributed by atoms with Crippen molar-refractivity contribution in [1.29, 1.82) is 5.26 Å². The summed E-state index contributed by atoms with van der Waals surface area (Å²) in [5, 5.41) is 9.47. The molecule has 0 radical (unpaired) electrons. The van der Waals surface area contributed by atoms with Gasteiger partial charge in [0.25, 0.3) is 0 Å². The number of rotatable bonds is 7. The maximum absolute atomic E-state index is 12.1. The van der Waals surface area contributed by atoms with Crippen LogP contribution in [0.5, 0.6) is 0 Å². The summed E-state index contributed by atoms with van der Waals surface area (Å²) in [6, 6.07) is 11.7. The van der Waals surface area contributed by atoms with Gasteiger partial charge in [-0.05, 0) is 31.9 Å². The van der Waals surface area contributed by atoms with Crippen molar-refractivity contribution in [2.45, 2.75) is 26.2 Å². The van der Waals surface area contributed by atoms with Crippen molar-refractivity contribution in [1.82, 2.24) is 0 Å². The number of nitriles is 1. The molecule has 0 fully saturated rings. The predicted octanol–water partition coefficient (Wildman–Crippen LogP) is 2.04. The molecule has 0 aliphatic carbocycles. The van der Waals surface area contributed by atoms with E-state index in [1.54, 1.807) is 6.92 Å². The topological polar surface area (TPSA) is 76.1 Å². The number of nitrogens with zero attached hydrogens (tertiary/aromatic N) is 1. The highest BCUT2D eigenvalue weighted by Crippen LogP contribution is 2.29. The molecule has 0 saturated carbocycles. The molecule has 0 saturated heterocycles. The lowest BCUT2D eigenvalue weighted by Gasteiger charge is -2.24. The Balaban J connectivity index is 2.96. The summed E-state index contributed by atoms with van der Waals surface area (Å²) in [4.78, 5) is 12.1. The van der Waals surface area contributed by atoms with Gasteiger partial charge in [-0.1, -0.05) is 30.3 Å². The highest BCUT2D eigenvalue weighted by molar-refractivity contribution is 5.80. The molecule has 0 heterocycles. The average molecular weight is 260 g/mol. The lowest BCUT2D eigenvalue weighted by Crippen LogP contribution is -2.34. The fourth-order valence-corrected chi connectivity index (χ4v) is 2.02. The molecule has 0 aliphatic rings. The minimum atomic E-state index is -1.13. The molecule has 0 spiro atoms. The zero-order chi connectivity index (χ0) is 14.1. The molecular weight excluding hydrogens is 240 g/mol. The largest absolute Gasteiger partial charge is 0.465 e. The van der Waals surface area contributed by atoms with E-state index < -0.39 is 11.4 Å². The molecule has 4 nitrogen and oxygen atoms in total. The third-order valence-electron chi connectivity index (χ3n) is 3.04. The molecule has 0 aliphatic heterocycles. The number of esters is 1. The molecule has 0 amide bonds. The minimum Gasteiger partial charge on any atom is -0.465 e. The summed E-state index contributed by atoms with van der Waals surface area (Å²) in [6.07, 6.45) is 1.41. The van der Waals surface area contributed by atoms with Gasteiger partial charge < -0.3 is 10.5 Å². The molecule has 2 N–H and O–H groups in total. The van der Waals surface area contributed by atoms with Gasteiger partial charge >= 0.3 is 5.97 Å². The van der Waals surface area contributed by atoms with Crippen LogP contribution in [-0.4, -0.2) is 19.1 Å². The average Bonchev–Trinajstić information content (AvgIpc) is 2.45. The van der Waals surface area contributed by atoms with Crippen LogP contribution in [0.1, 0.15) is 25.3 Å². The monoisotopic (exact) mass is 260 g/mol. The summed E-state index contributed by atoms with van der Waals surface area (Å²) in [6.45, 7) is 2.47. The molecule has 1 unspecified atom stereocenters. The van der Waals surface area contributed by atoms with Gasteiger partial charge in [-0.15, -0.1) is 0 Å². The van der Waals surface area contributed by atoms with E-state index in [0.29, 0.717) is 25.8 Å². The van der Waals surface area contributed by atoms with E-state index >= 15 is 0 Å². The predicted molar refractivity (Wildman–Crippen MR) is 73.1 cm³/mol. The summed E-state index contributed by atoms with van der Waals surface area (Å²) < 4.78 is 5.07. The van der Waals surface area contributed by atoms with Gasteiger partial charge in [0.15, 0.2) is 5.41 Å². The molecule has 1 aromatic rings. The second-order valence-electron chi connectivity index (χ2n) is 4.47. The third-order valence-corrected chi connectivity index (χ3v) is 3.04. The Kier molecular flexibility index (Phi) is 6.04. The van der Waals surface area contributed by atoms with E-state index in [9.17, 15) is 10.1 Å². The van der Waals surface area contributed by atoms with Gasteiger partial charge in [-0.25, -0.2) is 0 Å². The first kappa shape index (κ1) is 15.2. The Bertz CT molecular complexity index is 439. The molecule has 19 heavy (non-hydrogen) atoms. The number of carbonyl (C=O) groups excluding carboxylic acids is 1. The molecule has 0 bridgehead atoms. The van der Waals surface area contributed by atoms with Gasteiger partial charge in [0.2, 0.25) is 0 Å². The minimum absolute atomic E-state index is 0.277. The van der Waals surface area contributed by atoms with Gasteiger partial charge in [0.05, 0.1) is 12.7 Å². The number of ether oxygens (including phenoxy) is 1. The molecule has 1 atom stereocenters. The first-order chi connectivity index (χ1) is 9.18. The van der Waals surface area contributed by atoms with Crippen LogP contribution < -0.4 is 5.73 Å². The van der Waals surface area contributed by atoms with Crippen molar-refractivity contribution in [3.63, 3.8) is 0 Å². The zero-order valence-electron chi connectivity index (χ0n) is 11.3. The standard InChI is InChI=1S/C15H20N2O2/c1-2-19-14(18)15(12-17,9-6-10-16)11-13-7-4-3-5-8-13/h3-5,7-8H,2,6,9-11,16H2,1H3. The second-order valence-corrected chi connectivity index (χ2v) is 4.47. The third kappa shape index (κ3) is 4.08. The molecule has 1 aromatic carbocycles. The van der Waals surface area contributed by atoms with Crippen LogP contribution in [0, 0.1) is 16.7 Å². The number of carbonyl (C=O) groups is 1. The Morgan fingerprint density at radius 3 is 2.63 bits per heavy atom. The van der Waals surface area contributed by atoms with Gasteiger partial charge in [-0.2, -0.15) is 5.26 Å². The first-order valence-electron chi connectivity index (χ1n) is 6.51. The van der Waals surface area contributed by atoms with Crippen LogP contribution in [-0.2, 0) is 16.0 Å². The van der Waals surface area contributed by atoms with Gasteiger partial charge in [-0.3, -0.25) is 4.79 Å². The van der Waals surface area contributed by atoms with E-state index in [1.165, 1.54) is 0 Å². The maximum atomic E-state index is 12.1. The lowest BCUT2D eigenvalue weighted by atomic mass is 9.79. The Hall–Kier alpha value is -1.86. The first-order valence-corrected chi connectivity index (χ1v) is 6.51. The van der Waals surface area contributed by atoms with Gasteiger partial charge in [0.1, 0.15) is 0 Å². The van der Waals surface area contributed by atoms with Crippen LogP contribution in [0.25, 0.3) is 0 Å². The van der Waals surface area contributed by atoms with Crippen LogP contribution in [0.15, 0.2) is 30.3 Å². The summed E-state index contributed by atoms with van der Waals surface area (Å²) in [5.41, 5.74) is 5.32. The van der Waals surface area contributed by atoms with Crippen molar-refractivity contribution in [2.24, 2.45) is 11.1 Å². The Morgan fingerprint density at radius 1 is 1.42 bits per heavy atom. The van der Waals surface area contributed by atoms with Crippen LogP contribution in [0.4, 0.5) is 0 Å². The van der Waals surface area contributed by atoms with Crippen LogP contribution in [0.2, 0.25) is 0 Å². The summed E-state index contributed by atoms with van der Waals surface area (Å²) in [5.74, 6) is -0.449. The van der Waals surface area contributed by atoms with E-state index in [4.69, 9.17) is 10.5 Å². The Labute approximate surface area is 114 Å². The van der Waals surface area contributed by atoms with Crippen LogP contribution in [0.3, 0.4) is 0 Å². The molecular formula is C15H20N2O2. The summed E-state index contributed by atoms with van der Waals surface area (Å²) in [7, 11) is 0. The number of hydrogen-bond acceptors (Lipinski definition) is 4. The van der Waals surface area contributed by atoms with E-state index in [2.05, 4.69) is 6.07 Å². The van der Waals surface area contributed by atoms with Crippen molar-refractivity contribution < 1.29 is 9.53 Å². The van der Waals surface area contributed by atoms with Crippen molar-refractivity contribution in [2.75, 3.05) is 13.2 Å². The lowest BCUT2D eigenvalue weighted by molar-refractivity contribution is -0.152. The van der Waals surface area contributed by atoms with Crippen molar-refractivity contribution in [3.05, 3.63) is 35.9 Å². The van der Waals surface area contributed by atoms with Crippen molar-refractivity contribution in [3.8, 4) is 6.07 Å². The van der Waals surface area contributed by atoms with E-state index in [-0.39, 0.29) is 6.61 Å². The van der Waals surface area contributed by atoms with E-state index in [1.807, 2.05) is 30.3 Å². The fourth-order valence-electron chi connectivity index (χ4n) is 2.02. The van der Waals surface area contributed by atoms with E-state index in [0.717, 1.165) is 5.56 Å². The number of nitrogens with two attached hydrogens (primary N) is 1. The Morgan fingerprint density at radius 2 is 2.11 bits per heavy atom. The second kappa shape index (κ2) is 7.55. The molecule has 4 heteroatoms. The molecule has 0 aromatic heterocycles. The highest BCUT2D eigenvalue weighted by atomic mass is 16.5. The zero-order valence-corrected chi connectivity index (χ0v) is 11.3. The summed E-state index contributed by atoms with van der Waals surface area (Å²) >= 11 is 0. The fraction of sp³-hybridized carbons (Fsp3) is 0.467. The van der Waals surface area contributed by atoms with Crippen molar-refractivity contribution >= 4 is 5.97 Å². The highest BCUT2D eigenvalue weighted by Gasteiger charge is 2.39. The molecule has 102 valence electrons.